The molecule has 1 aliphatic rings. The number of nitrogens with zero attached hydrogens (tertiary/aromatic N) is 1. The Labute approximate surface area is 171 Å². The Kier molecular flexibility index (Phi) is 5.54. The van der Waals surface area contributed by atoms with Gasteiger partial charge in [-0.2, -0.15) is 5.26 Å². The fraction of sp³-hybridized carbons (Fsp3) is 0.391. The van der Waals surface area contributed by atoms with E-state index in [0.29, 0.717) is 16.5 Å². The molecule has 2 aromatic carbocycles. The quantitative estimate of drug-likeness (QED) is 0.469. The Morgan fingerprint density at radius 3 is 2.41 bits per heavy atom. The molecule has 0 aliphatic carbocycles. The number of aromatic hydroxyl groups is 1. The number of hydrogen-bond acceptors (Lipinski definition) is 5. The number of rotatable bonds is 4. The molecule has 0 saturated carbocycles. The van der Waals surface area contributed by atoms with E-state index in [1.807, 2.05) is 12.1 Å². The third kappa shape index (κ3) is 4.87. The number of anilines is 1. The van der Waals surface area contributed by atoms with Crippen LogP contribution in [-0.4, -0.2) is 28.1 Å². The largest absolute Gasteiger partial charge is 0.507 e. The Balaban J connectivity index is 1.76. The maximum atomic E-state index is 12.7. The summed E-state index contributed by atoms with van der Waals surface area (Å²) in [6, 6.07) is 12.6. The third-order valence-corrected chi connectivity index (χ3v) is 5.17. The fourth-order valence-corrected chi connectivity index (χ4v) is 4.38. The highest BCUT2D eigenvalue weighted by Crippen LogP contribution is 2.30. The second-order valence-corrected chi connectivity index (χ2v) is 8.97. The topological polar surface area (TPSA) is 97.2 Å². The van der Waals surface area contributed by atoms with Crippen molar-refractivity contribution in [3.63, 3.8) is 0 Å². The standard InChI is InChI=1S/C23H28N4O2/c1-22(2)11-16(12-23(3,4)27-22)25-14-15(13-24)21(29)26-19-9-5-8-18-17(19)7-6-10-20(18)28/h5-10,14,16,25,27-28H,11-12H2,1-4H3,(H,26,29)/b15-14-. The van der Waals surface area contributed by atoms with Gasteiger partial charge in [-0.1, -0.05) is 24.3 Å². The van der Waals surface area contributed by atoms with Crippen LogP contribution in [0.2, 0.25) is 0 Å². The number of amides is 1. The molecule has 0 bridgehead atoms. The molecule has 1 heterocycles. The monoisotopic (exact) mass is 392 g/mol. The van der Waals surface area contributed by atoms with Crippen molar-refractivity contribution in [1.82, 2.24) is 10.6 Å². The predicted octanol–water partition coefficient (Wildman–Crippen LogP) is 3.79. The highest BCUT2D eigenvalue weighted by atomic mass is 16.3. The predicted molar refractivity (Wildman–Crippen MR) is 115 cm³/mol. The Bertz CT molecular complexity index is 986. The van der Waals surface area contributed by atoms with Gasteiger partial charge in [0.1, 0.15) is 17.4 Å². The van der Waals surface area contributed by atoms with Crippen LogP contribution >= 0.6 is 0 Å². The lowest BCUT2D eigenvalue weighted by Crippen LogP contribution is -2.61. The normalized spacial score (nSPS) is 18.8. The van der Waals surface area contributed by atoms with Crippen LogP contribution < -0.4 is 16.0 Å². The number of benzene rings is 2. The number of phenols is 1. The third-order valence-electron chi connectivity index (χ3n) is 5.17. The average Bonchev–Trinajstić information content (AvgIpc) is 2.60. The number of piperidine rings is 1. The van der Waals surface area contributed by atoms with E-state index in [9.17, 15) is 15.2 Å². The number of nitrogens with one attached hydrogen (secondary N) is 3. The van der Waals surface area contributed by atoms with E-state index in [-0.39, 0.29) is 28.4 Å². The van der Waals surface area contributed by atoms with Gasteiger partial charge in [0, 0.05) is 39.8 Å². The molecule has 4 N–H and O–H groups in total. The van der Waals surface area contributed by atoms with Gasteiger partial charge in [0.05, 0.1) is 0 Å². The summed E-state index contributed by atoms with van der Waals surface area (Å²) >= 11 is 0. The van der Waals surface area contributed by atoms with Crippen LogP contribution in [0.3, 0.4) is 0 Å². The van der Waals surface area contributed by atoms with E-state index >= 15 is 0 Å². The molecule has 0 spiro atoms. The van der Waals surface area contributed by atoms with Gasteiger partial charge >= 0.3 is 0 Å². The summed E-state index contributed by atoms with van der Waals surface area (Å²) in [7, 11) is 0. The average molecular weight is 393 g/mol. The van der Waals surface area contributed by atoms with E-state index < -0.39 is 5.91 Å². The summed E-state index contributed by atoms with van der Waals surface area (Å²) in [5.74, 6) is -0.337. The summed E-state index contributed by atoms with van der Waals surface area (Å²) < 4.78 is 0. The second-order valence-electron chi connectivity index (χ2n) is 8.97. The first kappa shape index (κ1) is 20.7. The molecule has 6 nitrogen and oxygen atoms in total. The van der Waals surface area contributed by atoms with Gasteiger partial charge < -0.3 is 21.1 Å². The first-order chi connectivity index (χ1) is 13.6. The van der Waals surface area contributed by atoms with Gasteiger partial charge in [-0.25, -0.2) is 0 Å². The zero-order chi connectivity index (χ0) is 21.2. The van der Waals surface area contributed by atoms with Gasteiger partial charge in [0.2, 0.25) is 0 Å². The van der Waals surface area contributed by atoms with Crippen molar-refractivity contribution >= 4 is 22.4 Å². The molecular formula is C23H28N4O2. The van der Waals surface area contributed by atoms with Crippen molar-refractivity contribution < 1.29 is 9.90 Å². The molecule has 1 fully saturated rings. The first-order valence-corrected chi connectivity index (χ1v) is 9.78. The van der Waals surface area contributed by atoms with Crippen molar-refractivity contribution in [3.8, 4) is 11.8 Å². The highest BCUT2D eigenvalue weighted by Gasteiger charge is 2.37. The molecule has 1 amide bonds. The van der Waals surface area contributed by atoms with Crippen LogP contribution in [0, 0.1) is 11.3 Å². The second kappa shape index (κ2) is 7.76. The van der Waals surface area contributed by atoms with Crippen LogP contribution in [0.15, 0.2) is 48.2 Å². The highest BCUT2D eigenvalue weighted by molar-refractivity contribution is 6.11. The van der Waals surface area contributed by atoms with Gasteiger partial charge in [-0.05, 0) is 52.7 Å². The van der Waals surface area contributed by atoms with Crippen LogP contribution in [0.1, 0.15) is 40.5 Å². The maximum Gasteiger partial charge on any atom is 0.267 e. The SMILES string of the molecule is CC1(C)CC(N/C=C(/C#N)C(=O)Nc2cccc3c(O)cccc23)CC(C)(C)N1. The van der Waals surface area contributed by atoms with Crippen LogP contribution in [0.25, 0.3) is 10.8 Å². The first-order valence-electron chi connectivity index (χ1n) is 9.78. The lowest BCUT2D eigenvalue weighted by atomic mass is 9.80. The molecule has 0 aromatic heterocycles. The molecule has 0 atom stereocenters. The fourth-order valence-electron chi connectivity index (χ4n) is 4.38. The van der Waals surface area contributed by atoms with Gasteiger partial charge in [0.25, 0.3) is 5.91 Å². The van der Waals surface area contributed by atoms with Gasteiger partial charge in [-0.3, -0.25) is 4.79 Å². The molecule has 1 saturated heterocycles. The Hall–Kier alpha value is -3.04. The minimum Gasteiger partial charge on any atom is -0.507 e. The van der Waals surface area contributed by atoms with E-state index in [0.717, 1.165) is 12.8 Å². The van der Waals surface area contributed by atoms with E-state index in [2.05, 4.69) is 43.6 Å². The minimum absolute atomic E-state index is 0.0105. The summed E-state index contributed by atoms with van der Waals surface area (Å²) in [6.45, 7) is 8.61. The Morgan fingerprint density at radius 1 is 1.14 bits per heavy atom. The summed E-state index contributed by atoms with van der Waals surface area (Å²) in [5.41, 5.74) is 0.491. The number of hydrogen-bond donors (Lipinski definition) is 4. The zero-order valence-corrected chi connectivity index (χ0v) is 17.3. The summed E-state index contributed by atoms with van der Waals surface area (Å²) in [4.78, 5) is 12.7. The van der Waals surface area contributed by atoms with Gasteiger partial charge in [0.15, 0.2) is 0 Å². The molecular weight excluding hydrogens is 364 g/mol. The van der Waals surface area contributed by atoms with Crippen molar-refractivity contribution in [2.45, 2.75) is 57.7 Å². The Morgan fingerprint density at radius 2 is 1.76 bits per heavy atom. The smallest absolute Gasteiger partial charge is 0.267 e. The molecule has 1 aliphatic heterocycles. The number of carbonyl (C=O) groups is 1. The number of carbonyl (C=O) groups excluding carboxylic acids is 1. The number of nitriles is 1. The van der Waals surface area contributed by atoms with E-state index in [4.69, 9.17) is 0 Å². The van der Waals surface area contributed by atoms with Crippen molar-refractivity contribution in [2.24, 2.45) is 0 Å². The van der Waals surface area contributed by atoms with Crippen molar-refractivity contribution in [1.29, 1.82) is 5.26 Å². The van der Waals surface area contributed by atoms with Crippen molar-refractivity contribution in [3.05, 3.63) is 48.2 Å². The number of phenolic OH excluding ortho intramolecular Hbond substituents is 1. The minimum atomic E-state index is -0.483. The van der Waals surface area contributed by atoms with Crippen LogP contribution in [0.4, 0.5) is 5.69 Å². The van der Waals surface area contributed by atoms with Gasteiger partial charge in [-0.15, -0.1) is 0 Å². The van der Waals surface area contributed by atoms with Crippen LogP contribution in [-0.2, 0) is 4.79 Å². The maximum absolute atomic E-state index is 12.7. The molecule has 2 aromatic rings. The molecule has 0 radical (unpaired) electrons. The van der Waals surface area contributed by atoms with E-state index in [1.165, 1.54) is 6.20 Å². The molecule has 3 rings (SSSR count). The summed E-state index contributed by atoms with van der Waals surface area (Å²) in [6.07, 6.45) is 3.28. The molecule has 152 valence electrons. The lowest BCUT2D eigenvalue weighted by molar-refractivity contribution is -0.112. The van der Waals surface area contributed by atoms with Crippen LogP contribution in [0.5, 0.6) is 5.75 Å². The summed E-state index contributed by atoms with van der Waals surface area (Å²) in [5, 5.41) is 30.5. The molecule has 29 heavy (non-hydrogen) atoms. The zero-order valence-electron chi connectivity index (χ0n) is 17.3. The molecule has 6 heteroatoms. The number of fused-ring (bicyclic) bond motifs is 1. The lowest BCUT2D eigenvalue weighted by Gasteiger charge is -2.46. The van der Waals surface area contributed by atoms with Crippen molar-refractivity contribution in [2.75, 3.05) is 5.32 Å². The van der Waals surface area contributed by atoms with E-state index in [1.54, 1.807) is 30.3 Å². The molecule has 0 unspecified atom stereocenters.